The fourth-order valence-corrected chi connectivity index (χ4v) is 3.54. The van der Waals surface area contributed by atoms with Gasteiger partial charge < -0.3 is 14.2 Å². The number of benzene rings is 2. The monoisotopic (exact) mass is 376 g/mol. The molecule has 3 aromatic rings. The minimum Gasteiger partial charge on any atom is -0.420 e. The van der Waals surface area contributed by atoms with Gasteiger partial charge in [0.15, 0.2) is 0 Å². The Morgan fingerprint density at radius 1 is 1.07 bits per heavy atom. The molecule has 0 spiro atoms. The van der Waals surface area contributed by atoms with Gasteiger partial charge in [0.1, 0.15) is 0 Å². The van der Waals surface area contributed by atoms with Crippen LogP contribution < -0.4 is 4.90 Å². The van der Waals surface area contributed by atoms with E-state index in [1.807, 2.05) is 78.5 Å². The van der Waals surface area contributed by atoms with Gasteiger partial charge in [-0.25, -0.2) is 0 Å². The molecule has 144 valence electrons. The summed E-state index contributed by atoms with van der Waals surface area (Å²) in [4.78, 5) is 16.8. The maximum absolute atomic E-state index is 12.9. The maximum Gasteiger partial charge on any atom is 0.253 e. The molecule has 6 nitrogen and oxygen atoms in total. The van der Waals surface area contributed by atoms with Gasteiger partial charge in [-0.15, -0.1) is 10.2 Å². The van der Waals surface area contributed by atoms with E-state index in [4.69, 9.17) is 4.42 Å². The number of carbonyl (C=O) groups excluding carboxylic acids is 1. The number of rotatable bonds is 4. The van der Waals surface area contributed by atoms with Crippen molar-refractivity contribution in [1.29, 1.82) is 0 Å². The van der Waals surface area contributed by atoms with Crippen LogP contribution in [0.2, 0.25) is 0 Å². The van der Waals surface area contributed by atoms with Crippen molar-refractivity contribution >= 4 is 11.6 Å². The van der Waals surface area contributed by atoms with Crippen LogP contribution in [0.25, 0.3) is 11.5 Å². The average Bonchev–Trinajstić information content (AvgIpc) is 3.24. The van der Waals surface area contributed by atoms with E-state index >= 15 is 0 Å². The molecule has 1 saturated heterocycles. The minimum atomic E-state index is 0.0535. The Hall–Kier alpha value is -3.15. The Morgan fingerprint density at radius 2 is 1.82 bits per heavy atom. The van der Waals surface area contributed by atoms with Gasteiger partial charge in [0.05, 0.1) is 5.92 Å². The van der Waals surface area contributed by atoms with Crippen LogP contribution in [0.4, 0.5) is 5.69 Å². The van der Waals surface area contributed by atoms with E-state index in [2.05, 4.69) is 10.2 Å². The fraction of sp³-hybridized carbons (Fsp3) is 0.318. The van der Waals surface area contributed by atoms with Crippen LogP contribution in [-0.4, -0.2) is 48.2 Å². The van der Waals surface area contributed by atoms with Crippen molar-refractivity contribution in [2.24, 2.45) is 0 Å². The molecule has 6 heteroatoms. The van der Waals surface area contributed by atoms with Crippen molar-refractivity contribution in [2.75, 3.05) is 32.1 Å². The van der Waals surface area contributed by atoms with Gasteiger partial charge in [-0.2, -0.15) is 0 Å². The van der Waals surface area contributed by atoms with Gasteiger partial charge in [0, 0.05) is 44.0 Å². The summed E-state index contributed by atoms with van der Waals surface area (Å²) in [6, 6.07) is 17.5. The molecular formula is C22H24N4O2. The minimum absolute atomic E-state index is 0.0535. The van der Waals surface area contributed by atoms with Crippen molar-refractivity contribution in [2.45, 2.75) is 18.8 Å². The fourth-order valence-electron chi connectivity index (χ4n) is 3.54. The highest BCUT2D eigenvalue weighted by atomic mass is 16.4. The summed E-state index contributed by atoms with van der Waals surface area (Å²) in [5, 5.41) is 8.44. The van der Waals surface area contributed by atoms with Crippen molar-refractivity contribution in [3.8, 4) is 11.5 Å². The molecule has 1 amide bonds. The second-order valence-corrected chi connectivity index (χ2v) is 7.34. The van der Waals surface area contributed by atoms with Crippen LogP contribution >= 0.6 is 0 Å². The molecule has 0 bridgehead atoms. The average molecular weight is 376 g/mol. The molecule has 0 saturated carbocycles. The predicted molar refractivity (Wildman–Crippen MR) is 108 cm³/mol. The number of anilines is 1. The lowest BCUT2D eigenvalue weighted by molar-refractivity contribution is 0.0698. The Bertz CT molecular complexity index is 935. The van der Waals surface area contributed by atoms with E-state index < -0.39 is 0 Å². The quantitative estimate of drug-likeness (QED) is 0.693. The van der Waals surface area contributed by atoms with E-state index in [9.17, 15) is 4.79 Å². The number of likely N-dealkylation sites (tertiary alicyclic amines) is 1. The van der Waals surface area contributed by atoms with Crippen molar-refractivity contribution in [1.82, 2.24) is 15.1 Å². The van der Waals surface area contributed by atoms with Crippen molar-refractivity contribution in [3.63, 3.8) is 0 Å². The van der Waals surface area contributed by atoms with E-state index in [1.165, 1.54) is 0 Å². The number of hydrogen-bond acceptors (Lipinski definition) is 5. The first-order valence-corrected chi connectivity index (χ1v) is 9.57. The van der Waals surface area contributed by atoms with Gasteiger partial charge in [-0.1, -0.05) is 18.2 Å². The normalized spacial score (nSPS) is 16.8. The number of carbonyl (C=O) groups is 1. The van der Waals surface area contributed by atoms with E-state index in [0.29, 0.717) is 23.9 Å². The lowest BCUT2D eigenvalue weighted by atomic mass is 9.97. The molecule has 0 radical (unpaired) electrons. The zero-order valence-corrected chi connectivity index (χ0v) is 16.2. The first kappa shape index (κ1) is 18.2. The Morgan fingerprint density at radius 3 is 2.54 bits per heavy atom. The summed E-state index contributed by atoms with van der Waals surface area (Å²) in [5.74, 6) is 1.26. The molecule has 28 heavy (non-hydrogen) atoms. The summed E-state index contributed by atoms with van der Waals surface area (Å²) in [6.45, 7) is 1.36. The van der Waals surface area contributed by atoms with E-state index in [-0.39, 0.29) is 11.8 Å². The Labute approximate surface area is 164 Å². The number of hydrogen-bond donors (Lipinski definition) is 0. The van der Waals surface area contributed by atoms with Gasteiger partial charge in [0.25, 0.3) is 5.91 Å². The third kappa shape index (κ3) is 3.76. The molecule has 2 aromatic carbocycles. The van der Waals surface area contributed by atoms with Crippen LogP contribution in [0.5, 0.6) is 0 Å². The summed E-state index contributed by atoms with van der Waals surface area (Å²) in [6.07, 6.45) is 1.87. The Balaban J connectivity index is 1.47. The molecule has 1 aliphatic heterocycles. The zero-order valence-electron chi connectivity index (χ0n) is 16.2. The SMILES string of the molecule is CN(C)c1ccc(C(=O)N2CCC[C@H](c3nnc(-c4ccccc4)o3)C2)cc1. The summed E-state index contributed by atoms with van der Waals surface area (Å²) in [5.41, 5.74) is 2.69. The summed E-state index contributed by atoms with van der Waals surface area (Å²) in [7, 11) is 3.97. The largest absolute Gasteiger partial charge is 0.420 e. The second-order valence-electron chi connectivity index (χ2n) is 7.34. The van der Waals surface area contributed by atoms with Crippen LogP contribution in [0.1, 0.15) is 35.0 Å². The topological polar surface area (TPSA) is 62.5 Å². The van der Waals surface area contributed by atoms with Gasteiger partial charge >= 0.3 is 0 Å². The second kappa shape index (κ2) is 7.84. The van der Waals surface area contributed by atoms with Crippen LogP contribution in [0.15, 0.2) is 59.0 Å². The number of aromatic nitrogens is 2. The highest BCUT2D eigenvalue weighted by molar-refractivity contribution is 5.94. The molecule has 2 heterocycles. The molecule has 0 N–H and O–H groups in total. The molecule has 1 aromatic heterocycles. The lowest BCUT2D eigenvalue weighted by Gasteiger charge is -2.31. The molecule has 4 rings (SSSR count). The summed E-state index contributed by atoms with van der Waals surface area (Å²) < 4.78 is 5.92. The van der Waals surface area contributed by atoms with Gasteiger partial charge in [-0.3, -0.25) is 4.79 Å². The predicted octanol–water partition coefficient (Wildman–Crippen LogP) is 3.82. The molecule has 0 unspecified atom stereocenters. The van der Waals surface area contributed by atoms with Gasteiger partial charge in [-0.05, 0) is 49.2 Å². The molecule has 1 fully saturated rings. The number of nitrogens with zero attached hydrogens (tertiary/aromatic N) is 4. The molecular weight excluding hydrogens is 352 g/mol. The third-order valence-corrected chi connectivity index (χ3v) is 5.15. The number of piperidine rings is 1. The molecule has 1 aliphatic rings. The van der Waals surface area contributed by atoms with E-state index in [0.717, 1.165) is 30.6 Å². The van der Waals surface area contributed by atoms with Crippen molar-refractivity contribution in [3.05, 3.63) is 66.1 Å². The first-order valence-electron chi connectivity index (χ1n) is 9.57. The highest BCUT2D eigenvalue weighted by Crippen LogP contribution is 2.29. The standard InChI is InChI=1S/C22H24N4O2/c1-25(2)19-12-10-17(11-13-19)22(27)26-14-6-9-18(15-26)21-24-23-20(28-21)16-7-4-3-5-8-16/h3-5,7-8,10-13,18H,6,9,14-15H2,1-2H3/t18-/m0/s1. The highest BCUT2D eigenvalue weighted by Gasteiger charge is 2.29. The molecule has 1 atom stereocenters. The van der Waals surface area contributed by atoms with Crippen LogP contribution in [0, 0.1) is 0 Å². The first-order chi connectivity index (χ1) is 13.6. The van der Waals surface area contributed by atoms with Gasteiger partial charge in [0.2, 0.25) is 11.8 Å². The third-order valence-electron chi connectivity index (χ3n) is 5.15. The smallest absolute Gasteiger partial charge is 0.253 e. The summed E-state index contributed by atoms with van der Waals surface area (Å²) >= 11 is 0. The van der Waals surface area contributed by atoms with Crippen molar-refractivity contribution < 1.29 is 9.21 Å². The lowest BCUT2D eigenvalue weighted by Crippen LogP contribution is -2.39. The number of amides is 1. The van der Waals surface area contributed by atoms with E-state index in [1.54, 1.807) is 0 Å². The Kier molecular flexibility index (Phi) is 5.10. The molecule has 0 aliphatic carbocycles. The van der Waals surface area contributed by atoms with Crippen LogP contribution in [0.3, 0.4) is 0 Å². The van der Waals surface area contributed by atoms with Crippen LogP contribution in [-0.2, 0) is 0 Å². The zero-order chi connectivity index (χ0) is 19.5. The maximum atomic E-state index is 12.9.